The molecule has 128 valence electrons. The molecule has 0 aliphatic rings. The molecular weight excluding hydrogens is 284 g/mol. The topological polar surface area (TPSA) is 26.3 Å². The smallest absolute Gasteiger partial charge is 0.306 e. The first-order chi connectivity index (χ1) is 11.1. The number of hydrogen-bond donors (Lipinski definition) is 0. The molecule has 2 heteroatoms. The number of carbonyl (C=O) groups excluding carboxylic acids is 1. The van der Waals surface area contributed by atoms with E-state index in [9.17, 15) is 4.79 Å². The zero-order valence-electron chi connectivity index (χ0n) is 15.0. The lowest BCUT2D eigenvalue weighted by atomic mass is 10.2. The number of ether oxygens (including phenoxy) is 1. The second kappa shape index (κ2) is 15.1. The van der Waals surface area contributed by atoms with Crippen molar-refractivity contribution in [3.8, 4) is 0 Å². The van der Waals surface area contributed by atoms with E-state index in [1.54, 1.807) is 0 Å². The number of allylic oxidation sites excluding steroid dienone is 8. The molecule has 0 saturated carbocycles. The second-order valence-corrected chi connectivity index (χ2v) is 5.58. The highest BCUT2D eigenvalue weighted by Crippen LogP contribution is 2.04. The summed E-state index contributed by atoms with van der Waals surface area (Å²) in [5, 5.41) is 0. The van der Waals surface area contributed by atoms with Crippen LogP contribution in [0.3, 0.4) is 0 Å². The predicted molar refractivity (Wildman–Crippen MR) is 100 cm³/mol. The molecule has 0 unspecified atom stereocenters. The molecule has 2 nitrogen and oxygen atoms in total. The fourth-order valence-corrected chi connectivity index (χ4v) is 1.77. The van der Waals surface area contributed by atoms with Crippen LogP contribution in [0.4, 0.5) is 0 Å². The van der Waals surface area contributed by atoms with Crippen molar-refractivity contribution in [3.63, 3.8) is 0 Å². The Hall–Kier alpha value is -1.83. The van der Waals surface area contributed by atoms with E-state index in [0.29, 0.717) is 13.0 Å². The van der Waals surface area contributed by atoms with Crippen molar-refractivity contribution in [1.29, 1.82) is 0 Å². The van der Waals surface area contributed by atoms with Crippen LogP contribution in [0.5, 0.6) is 0 Å². The first-order valence-corrected chi connectivity index (χ1v) is 8.50. The lowest BCUT2D eigenvalue weighted by Crippen LogP contribution is -2.06. The first-order valence-electron chi connectivity index (χ1n) is 8.50. The fourth-order valence-electron chi connectivity index (χ4n) is 1.77. The monoisotopic (exact) mass is 316 g/mol. The average molecular weight is 316 g/mol. The van der Waals surface area contributed by atoms with Gasteiger partial charge < -0.3 is 4.74 Å². The number of hydrogen-bond acceptors (Lipinski definition) is 2. The van der Waals surface area contributed by atoms with Crippen LogP contribution in [0, 0.1) is 0 Å². The van der Waals surface area contributed by atoms with Gasteiger partial charge >= 0.3 is 5.97 Å². The van der Waals surface area contributed by atoms with Crippen molar-refractivity contribution in [2.24, 2.45) is 0 Å². The second-order valence-electron chi connectivity index (χ2n) is 5.58. The largest absolute Gasteiger partial charge is 0.461 e. The third-order valence-corrected chi connectivity index (χ3v) is 3.28. The summed E-state index contributed by atoms with van der Waals surface area (Å²) in [5.74, 6) is -0.116. The van der Waals surface area contributed by atoms with Gasteiger partial charge in [0.05, 0.1) is 0 Å². The van der Waals surface area contributed by atoms with E-state index in [4.69, 9.17) is 4.74 Å². The Kier molecular flexibility index (Phi) is 13.9. The molecule has 0 N–H and O–H groups in total. The molecule has 0 aromatic rings. The molecule has 0 aromatic heterocycles. The van der Waals surface area contributed by atoms with Crippen LogP contribution < -0.4 is 0 Å². The molecule has 0 radical (unpaired) electrons. The standard InChI is InChI=1S/C21H32O2/c1-5-7-8-9-10-11-12-13-17-21(22)23-18-20(4)16-14-15-19(3)6-2/h6-8,10-11,15-16H,2,5,9,12-14,17-18H2,1,3-4H3/b8-7-,11-10-,19-15?,20-16?. The molecular formula is C21H32O2. The zero-order chi connectivity index (χ0) is 17.3. The molecule has 0 bridgehead atoms. The highest BCUT2D eigenvalue weighted by atomic mass is 16.5. The van der Waals surface area contributed by atoms with Gasteiger partial charge in [0.1, 0.15) is 6.61 Å². The third-order valence-electron chi connectivity index (χ3n) is 3.28. The Balaban J connectivity index is 3.76. The van der Waals surface area contributed by atoms with Crippen LogP contribution in [0.1, 0.15) is 59.3 Å². The van der Waals surface area contributed by atoms with Crippen LogP contribution in [0.2, 0.25) is 0 Å². The normalized spacial score (nSPS) is 13.0. The lowest BCUT2D eigenvalue weighted by molar-refractivity contribution is -0.142. The van der Waals surface area contributed by atoms with Crippen LogP contribution in [-0.2, 0) is 9.53 Å². The van der Waals surface area contributed by atoms with Gasteiger partial charge in [0.2, 0.25) is 0 Å². The van der Waals surface area contributed by atoms with Gasteiger partial charge in [0.15, 0.2) is 0 Å². The Morgan fingerprint density at radius 3 is 2.48 bits per heavy atom. The molecule has 0 amide bonds. The Bertz CT molecular complexity index is 450. The van der Waals surface area contributed by atoms with E-state index < -0.39 is 0 Å². The summed E-state index contributed by atoms with van der Waals surface area (Å²) in [5.41, 5.74) is 2.23. The highest BCUT2D eigenvalue weighted by molar-refractivity contribution is 5.69. The van der Waals surface area contributed by atoms with Gasteiger partial charge in [-0.25, -0.2) is 0 Å². The van der Waals surface area contributed by atoms with Crippen LogP contribution in [-0.4, -0.2) is 12.6 Å². The van der Waals surface area contributed by atoms with E-state index in [1.807, 2.05) is 19.9 Å². The molecule has 0 spiro atoms. The minimum atomic E-state index is -0.116. The van der Waals surface area contributed by atoms with E-state index in [0.717, 1.165) is 43.3 Å². The van der Waals surface area contributed by atoms with Crippen molar-refractivity contribution >= 4 is 5.97 Å². The molecule has 0 aromatic carbocycles. The SMILES string of the molecule is C=CC(C)=CCC=C(C)COC(=O)CCC/C=C\C/C=C\CC. The summed E-state index contributed by atoms with van der Waals surface area (Å²) >= 11 is 0. The van der Waals surface area contributed by atoms with Crippen LogP contribution >= 0.6 is 0 Å². The van der Waals surface area contributed by atoms with Gasteiger partial charge in [-0.2, -0.15) is 0 Å². The molecule has 0 aliphatic carbocycles. The maximum Gasteiger partial charge on any atom is 0.306 e. The number of esters is 1. The Morgan fingerprint density at radius 1 is 1.04 bits per heavy atom. The predicted octanol–water partition coefficient (Wildman–Crippen LogP) is 6.08. The summed E-state index contributed by atoms with van der Waals surface area (Å²) in [6, 6.07) is 0. The maximum atomic E-state index is 11.6. The van der Waals surface area contributed by atoms with Crippen molar-refractivity contribution in [2.45, 2.75) is 59.3 Å². The van der Waals surface area contributed by atoms with E-state index in [2.05, 4.69) is 50.0 Å². The van der Waals surface area contributed by atoms with E-state index in [1.165, 1.54) is 0 Å². The van der Waals surface area contributed by atoms with Crippen LogP contribution in [0.25, 0.3) is 0 Å². The molecule has 0 saturated heterocycles. The Morgan fingerprint density at radius 2 is 1.78 bits per heavy atom. The summed E-state index contributed by atoms with van der Waals surface area (Å²) < 4.78 is 5.26. The van der Waals surface area contributed by atoms with Crippen molar-refractivity contribution in [1.82, 2.24) is 0 Å². The summed E-state index contributed by atoms with van der Waals surface area (Å²) in [6.07, 6.45) is 19.8. The maximum absolute atomic E-state index is 11.6. The van der Waals surface area contributed by atoms with Gasteiger partial charge in [0, 0.05) is 6.42 Å². The lowest BCUT2D eigenvalue weighted by Gasteiger charge is -2.04. The van der Waals surface area contributed by atoms with Crippen molar-refractivity contribution < 1.29 is 9.53 Å². The van der Waals surface area contributed by atoms with Gasteiger partial charge in [-0.15, -0.1) is 0 Å². The molecule has 0 rings (SSSR count). The summed E-state index contributed by atoms with van der Waals surface area (Å²) in [6.45, 7) is 10.2. The van der Waals surface area contributed by atoms with Gasteiger partial charge in [0.25, 0.3) is 0 Å². The molecule has 0 fully saturated rings. The van der Waals surface area contributed by atoms with Crippen molar-refractivity contribution in [3.05, 3.63) is 60.3 Å². The van der Waals surface area contributed by atoms with Gasteiger partial charge in [-0.05, 0) is 51.5 Å². The van der Waals surface area contributed by atoms with E-state index >= 15 is 0 Å². The third kappa shape index (κ3) is 14.9. The molecule has 0 atom stereocenters. The first kappa shape index (κ1) is 21.2. The minimum absolute atomic E-state index is 0.116. The average Bonchev–Trinajstić information content (AvgIpc) is 2.55. The van der Waals surface area contributed by atoms with Gasteiger partial charge in [-0.3, -0.25) is 4.79 Å². The quantitative estimate of drug-likeness (QED) is 0.189. The fraction of sp³-hybridized carbons (Fsp3) is 0.476. The van der Waals surface area contributed by atoms with Crippen LogP contribution in [0.15, 0.2) is 60.3 Å². The Labute approximate surface area is 142 Å². The van der Waals surface area contributed by atoms with E-state index in [-0.39, 0.29) is 5.97 Å². The summed E-state index contributed by atoms with van der Waals surface area (Å²) in [7, 11) is 0. The molecule has 0 heterocycles. The summed E-state index contributed by atoms with van der Waals surface area (Å²) in [4.78, 5) is 11.6. The number of rotatable bonds is 12. The highest BCUT2D eigenvalue weighted by Gasteiger charge is 2.01. The minimum Gasteiger partial charge on any atom is -0.461 e. The number of unbranched alkanes of at least 4 members (excludes halogenated alkanes) is 1. The van der Waals surface area contributed by atoms with Crippen molar-refractivity contribution in [2.75, 3.05) is 6.61 Å². The molecule has 0 aliphatic heterocycles. The number of carbonyl (C=O) groups is 1. The van der Waals surface area contributed by atoms with Gasteiger partial charge in [-0.1, -0.05) is 61.6 Å². The zero-order valence-corrected chi connectivity index (χ0v) is 15.0. The molecule has 23 heavy (non-hydrogen) atoms.